The van der Waals surface area contributed by atoms with Gasteiger partial charge in [-0.1, -0.05) is 23.8 Å². The summed E-state index contributed by atoms with van der Waals surface area (Å²) >= 11 is 0. The second kappa shape index (κ2) is 7.64. The van der Waals surface area contributed by atoms with Crippen LogP contribution < -0.4 is 10.1 Å². The smallest absolute Gasteiger partial charge is 0.341 e. The molecule has 0 fully saturated rings. The fourth-order valence-electron chi connectivity index (χ4n) is 2.39. The van der Waals surface area contributed by atoms with Crippen LogP contribution >= 0.6 is 0 Å². The van der Waals surface area contributed by atoms with E-state index >= 15 is 0 Å². The Morgan fingerprint density at radius 2 is 1.75 bits per heavy atom. The summed E-state index contributed by atoms with van der Waals surface area (Å²) in [7, 11) is 2.81. The highest BCUT2D eigenvalue weighted by Gasteiger charge is 2.14. The lowest BCUT2D eigenvalue weighted by atomic mass is 10.0. The molecule has 2 rings (SSSR count). The first-order valence-electron chi connectivity index (χ1n) is 7.57. The molecule has 0 saturated carbocycles. The lowest BCUT2D eigenvalue weighted by Gasteiger charge is -2.11. The van der Waals surface area contributed by atoms with Gasteiger partial charge in [0.15, 0.2) is 0 Å². The molecule has 0 unspecified atom stereocenters. The summed E-state index contributed by atoms with van der Waals surface area (Å²) < 4.78 is 9.91. The summed E-state index contributed by atoms with van der Waals surface area (Å²) in [6, 6.07) is 10.9. The van der Waals surface area contributed by atoms with Crippen LogP contribution in [0, 0.1) is 13.8 Å². The van der Waals surface area contributed by atoms with Gasteiger partial charge in [-0.3, -0.25) is 4.79 Å². The summed E-state index contributed by atoms with van der Waals surface area (Å²) in [6.07, 6.45) is 0. The zero-order chi connectivity index (χ0) is 17.7. The number of rotatable bonds is 5. The van der Waals surface area contributed by atoms with Crippen LogP contribution in [-0.4, -0.2) is 26.1 Å². The number of hydrogen-bond acceptors (Lipinski definition) is 4. The van der Waals surface area contributed by atoms with Crippen molar-refractivity contribution in [3.8, 4) is 5.75 Å². The molecule has 0 aliphatic heterocycles. The van der Waals surface area contributed by atoms with E-state index in [2.05, 4.69) is 5.32 Å². The highest BCUT2D eigenvalue weighted by atomic mass is 16.5. The number of benzene rings is 2. The molecule has 0 atom stereocenters. The molecule has 1 amide bonds. The highest BCUT2D eigenvalue weighted by Crippen LogP contribution is 2.21. The summed E-state index contributed by atoms with van der Waals surface area (Å²) in [5.41, 5.74) is 3.72. The number of hydrogen-bond donors (Lipinski definition) is 1. The Morgan fingerprint density at radius 1 is 1.00 bits per heavy atom. The van der Waals surface area contributed by atoms with Gasteiger partial charge in [0.2, 0.25) is 0 Å². The third-order valence-electron chi connectivity index (χ3n) is 3.76. The van der Waals surface area contributed by atoms with Crippen LogP contribution in [0.2, 0.25) is 0 Å². The molecule has 0 saturated heterocycles. The van der Waals surface area contributed by atoms with E-state index < -0.39 is 5.97 Å². The maximum atomic E-state index is 12.4. The van der Waals surface area contributed by atoms with E-state index in [1.54, 1.807) is 18.2 Å². The van der Waals surface area contributed by atoms with Crippen LogP contribution in [0.3, 0.4) is 0 Å². The summed E-state index contributed by atoms with van der Waals surface area (Å²) in [6.45, 7) is 4.15. The maximum absolute atomic E-state index is 12.4. The molecule has 126 valence electrons. The van der Waals surface area contributed by atoms with Gasteiger partial charge in [0, 0.05) is 12.1 Å². The second-order valence-corrected chi connectivity index (χ2v) is 5.53. The Bertz CT molecular complexity index is 768. The number of amides is 1. The monoisotopic (exact) mass is 327 g/mol. The van der Waals surface area contributed by atoms with Gasteiger partial charge in [-0.25, -0.2) is 4.79 Å². The van der Waals surface area contributed by atoms with Gasteiger partial charge in [0.25, 0.3) is 5.91 Å². The largest absolute Gasteiger partial charge is 0.496 e. The van der Waals surface area contributed by atoms with Crippen molar-refractivity contribution in [1.29, 1.82) is 0 Å². The number of esters is 1. The molecular weight excluding hydrogens is 306 g/mol. The molecule has 24 heavy (non-hydrogen) atoms. The van der Waals surface area contributed by atoms with Gasteiger partial charge in [-0.15, -0.1) is 0 Å². The molecule has 0 radical (unpaired) electrons. The Hall–Kier alpha value is -2.82. The Morgan fingerprint density at radius 3 is 2.42 bits per heavy atom. The summed E-state index contributed by atoms with van der Waals surface area (Å²) in [4.78, 5) is 24.2. The molecule has 2 aromatic rings. The quantitative estimate of drug-likeness (QED) is 0.857. The number of carbonyl (C=O) groups is 2. The van der Waals surface area contributed by atoms with Crippen LogP contribution in [0.4, 0.5) is 0 Å². The molecular formula is C19H21NO4. The molecule has 2 aromatic carbocycles. The average Bonchev–Trinajstić information content (AvgIpc) is 2.60. The zero-order valence-corrected chi connectivity index (χ0v) is 14.3. The van der Waals surface area contributed by atoms with Gasteiger partial charge in [-0.2, -0.15) is 0 Å². The molecule has 0 heterocycles. The SMILES string of the molecule is COC(=O)c1cc(CNC(=O)c2cc(C)ccc2C)ccc1OC. The first kappa shape index (κ1) is 17.5. The van der Waals surface area contributed by atoms with Gasteiger partial charge >= 0.3 is 5.97 Å². The minimum absolute atomic E-state index is 0.147. The highest BCUT2D eigenvalue weighted by molar-refractivity contribution is 5.96. The first-order valence-corrected chi connectivity index (χ1v) is 7.57. The molecule has 5 heteroatoms. The molecule has 5 nitrogen and oxygen atoms in total. The van der Waals surface area contributed by atoms with Gasteiger partial charge in [0.05, 0.1) is 14.2 Å². The van der Waals surface area contributed by atoms with Crippen LogP contribution in [-0.2, 0) is 11.3 Å². The number of ether oxygens (including phenoxy) is 2. The van der Waals surface area contributed by atoms with Crippen LogP contribution in [0.1, 0.15) is 37.4 Å². The van der Waals surface area contributed by atoms with E-state index in [0.29, 0.717) is 23.4 Å². The first-order chi connectivity index (χ1) is 11.5. The minimum Gasteiger partial charge on any atom is -0.496 e. The van der Waals surface area contributed by atoms with Gasteiger partial charge in [-0.05, 0) is 43.2 Å². The van der Waals surface area contributed by atoms with E-state index in [4.69, 9.17) is 9.47 Å². The summed E-state index contributed by atoms with van der Waals surface area (Å²) in [5.74, 6) is -0.187. The van der Waals surface area contributed by atoms with E-state index in [9.17, 15) is 9.59 Å². The number of aryl methyl sites for hydroxylation is 2. The van der Waals surface area contributed by atoms with Crippen molar-refractivity contribution < 1.29 is 19.1 Å². The summed E-state index contributed by atoms with van der Waals surface area (Å²) in [5, 5.41) is 2.87. The third-order valence-corrected chi connectivity index (χ3v) is 3.76. The van der Waals surface area contributed by atoms with Crippen molar-refractivity contribution in [1.82, 2.24) is 5.32 Å². The molecule has 0 aromatic heterocycles. The van der Waals surface area contributed by atoms with Crippen molar-refractivity contribution in [3.63, 3.8) is 0 Å². The van der Waals surface area contributed by atoms with E-state index in [1.807, 2.05) is 32.0 Å². The third kappa shape index (κ3) is 3.93. The maximum Gasteiger partial charge on any atom is 0.341 e. The minimum atomic E-state index is -0.477. The molecule has 0 spiro atoms. The van der Waals surface area contributed by atoms with Crippen LogP contribution in [0.15, 0.2) is 36.4 Å². The van der Waals surface area contributed by atoms with Crippen molar-refractivity contribution >= 4 is 11.9 Å². The molecule has 0 aliphatic carbocycles. The van der Waals surface area contributed by atoms with E-state index in [-0.39, 0.29) is 5.91 Å². The predicted molar refractivity (Wildman–Crippen MR) is 91.4 cm³/mol. The number of carbonyl (C=O) groups excluding carboxylic acids is 2. The second-order valence-electron chi connectivity index (χ2n) is 5.53. The molecule has 0 aliphatic rings. The van der Waals surface area contributed by atoms with Crippen molar-refractivity contribution in [2.45, 2.75) is 20.4 Å². The van der Waals surface area contributed by atoms with Crippen molar-refractivity contribution in [2.24, 2.45) is 0 Å². The van der Waals surface area contributed by atoms with Crippen molar-refractivity contribution in [2.75, 3.05) is 14.2 Å². The molecule has 1 N–H and O–H groups in total. The van der Waals surface area contributed by atoms with E-state index in [0.717, 1.165) is 16.7 Å². The fraction of sp³-hybridized carbons (Fsp3) is 0.263. The van der Waals surface area contributed by atoms with Crippen molar-refractivity contribution in [3.05, 3.63) is 64.2 Å². The van der Waals surface area contributed by atoms with Gasteiger partial charge < -0.3 is 14.8 Å². The normalized spacial score (nSPS) is 10.2. The average molecular weight is 327 g/mol. The Kier molecular flexibility index (Phi) is 5.58. The lowest BCUT2D eigenvalue weighted by Crippen LogP contribution is -2.24. The zero-order valence-electron chi connectivity index (χ0n) is 14.3. The lowest BCUT2D eigenvalue weighted by molar-refractivity contribution is 0.0597. The number of methoxy groups -OCH3 is 2. The van der Waals surface area contributed by atoms with Gasteiger partial charge in [0.1, 0.15) is 11.3 Å². The standard InChI is InChI=1S/C19H21NO4/c1-12-5-6-13(2)15(9-12)18(21)20-11-14-7-8-17(23-3)16(10-14)19(22)24-4/h5-10H,11H2,1-4H3,(H,20,21). The number of nitrogens with one attached hydrogen (secondary N) is 1. The Balaban J connectivity index is 2.15. The van der Waals surface area contributed by atoms with E-state index in [1.165, 1.54) is 14.2 Å². The topological polar surface area (TPSA) is 64.6 Å². The fourth-order valence-corrected chi connectivity index (χ4v) is 2.39. The predicted octanol–water partition coefficient (Wildman–Crippen LogP) is 3.03. The molecule has 0 bridgehead atoms. The van der Waals surface area contributed by atoms with Crippen LogP contribution in [0.25, 0.3) is 0 Å². The van der Waals surface area contributed by atoms with Crippen LogP contribution in [0.5, 0.6) is 5.75 Å². The Labute approximate surface area is 141 Å².